The summed E-state index contributed by atoms with van der Waals surface area (Å²) < 4.78 is 0. The van der Waals surface area contributed by atoms with Crippen molar-refractivity contribution in [1.82, 2.24) is 0 Å². The van der Waals surface area contributed by atoms with Crippen molar-refractivity contribution in [3.8, 4) is 0 Å². The van der Waals surface area contributed by atoms with E-state index < -0.39 is 28.6 Å². The van der Waals surface area contributed by atoms with Gasteiger partial charge in [-0.05, 0) is 11.6 Å². The summed E-state index contributed by atoms with van der Waals surface area (Å²) in [5.41, 5.74) is -0.349. The number of aliphatic hydroxyl groups is 1. The zero-order valence-electron chi connectivity index (χ0n) is 17.0. The number of hydrogen-bond acceptors (Lipinski definition) is 5. The van der Waals surface area contributed by atoms with Crippen LogP contribution in [0.5, 0.6) is 0 Å². The number of fused-ring (bicyclic) bond motifs is 1. The maximum absolute atomic E-state index is 13.3. The highest BCUT2D eigenvalue weighted by atomic mass is 16.6. The van der Waals surface area contributed by atoms with E-state index in [1.807, 2.05) is 42.5 Å². The quantitative estimate of drug-likeness (QED) is 0.347. The monoisotopic (exact) mass is 428 g/mol. The number of nitro benzene ring substituents is 1. The molecule has 0 spiro atoms. The maximum atomic E-state index is 13.3. The number of nitro groups is 1. The maximum Gasteiger partial charge on any atom is 0.270 e. The van der Waals surface area contributed by atoms with Crippen LogP contribution in [0.4, 0.5) is 11.4 Å². The number of non-ortho nitro benzene ring substituents is 1. The molecule has 7 heteroatoms. The Hall–Kier alpha value is -4.10. The SMILES string of the molecule is O=C(C[C@@]1(O)C(=O)N(C/C=C/c2ccccc2)c2ccccc21)c1cccc([N+](=O)[O-])c1. The van der Waals surface area contributed by atoms with Crippen LogP contribution in [0.1, 0.15) is 27.9 Å². The third-order valence-corrected chi connectivity index (χ3v) is 5.43. The number of carbonyl (C=O) groups excluding carboxylic acids is 2. The summed E-state index contributed by atoms with van der Waals surface area (Å²) in [7, 11) is 0. The minimum atomic E-state index is -2.04. The average Bonchev–Trinajstić information content (AvgIpc) is 3.01. The lowest BCUT2D eigenvalue weighted by molar-refractivity contribution is -0.384. The number of carbonyl (C=O) groups is 2. The van der Waals surface area contributed by atoms with Gasteiger partial charge in [0, 0.05) is 29.8 Å². The van der Waals surface area contributed by atoms with Crippen LogP contribution in [0.25, 0.3) is 6.08 Å². The molecule has 32 heavy (non-hydrogen) atoms. The van der Waals surface area contributed by atoms with Crippen LogP contribution >= 0.6 is 0 Å². The second kappa shape index (κ2) is 8.56. The normalized spacial score (nSPS) is 17.5. The van der Waals surface area contributed by atoms with Gasteiger partial charge in [-0.15, -0.1) is 0 Å². The molecule has 0 aromatic heterocycles. The molecule has 4 rings (SSSR count). The van der Waals surface area contributed by atoms with Crippen molar-refractivity contribution < 1.29 is 19.6 Å². The van der Waals surface area contributed by atoms with Gasteiger partial charge in [-0.1, -0.05) is 72.8 Å². The Bertz CT molecular complexity index is 1220. The van der Waals surface area contributed by atoms with Gasteiger partial charge in [0.1, 0.15) is 0 Å². The Balaban J connectivity index is 1.60. The molecule has 160 valence electrons. The largest absolute Gasteiger partial charge is 0.375 e. The molecular weight excluding hydrogens is 408 g/mol. The fourth-order valence-corrected chi connectivity index (χ4v) is 3.84. The van der Waals surface area contributed by atoms with E-state index in [0.29, 0.717) is 11.3 Å². The van der Waals surface area contributed by atoms with Crippen molar-refractivity contribution >= 4 is 29.1 Å². The van der Waals surface area contributed by atoms with Gasteiger partial charge in [0.15, 0.2) is 11.4 Å². The molecule has 1 N–H and O–H groups in total. The molecule has 0 bridgehead atoms. The van der Waals surface area contributed by atoms with Crippen LogP contribution in [0.2, 0.25) is 0 Å². The van der Waals surface area contributed by atoms with E-state index in [1.165, 1.54) is 23.1 Å². The highest BCUT2D eigenvalue weighted by Gasteiger charge is 2.50. The van der Waals surface area contributed by atoms with E-state index in [0.717, 1.165) is 11.6 Å². The van der Waals surface area contributed by atoms with Gasteiger partial charge in [-0.2, -0.15) is 0 Å². The van der Waals surface area contributed by atoms with Crippen LogP contribution in [-0.4, -0.2) is 28.3 Å². The fraction of sp³-hybridized carbons (Fsp3) is 0.120. The summed E-state index contributed by atoms with van der Waals surface area (Å²) >= 11 is 0. The predicted octanol–water partition coefficient (Wildman–Crippen LogP) is 4.12. The lowest BCUT2D eigenvalue weighted by Gasteiger charge is -2.22. The minimum absolute atomic E-state index is 0.0697. The van der Waals surface area contributed by atoms with Crippen LogP contribution < -0.4 is 4.90 Å². The molecule has 1 heterocycles. The van der Waals surface area contributed by atoms with Gasteiger partial charge in [-0.25, -0.2) is 0 Å². The van der Waals surface area contributed by atoms with E-state index in [1.54, 1.807) is 24.3 Å². The van der Waals surface area contributed by atoms with Crippen molar-refractivity contribution in [3.63, 3.8) is 0 Å². The second-order valence-electron chi connectivity index (χ2n) is 7.51. The molecule has 1 amide bonds. The first-order valence-corrected chi connectivity index (χ1v) is 10.0. The molecule has 7 nitrogen and oxygen atoms in total. The summed E-state index contributed by atoms with van der Waals surface area (Å²) in [6.07, 6.45) is 3.18. The lowest BCUT2D eigenvalue weighted by atomic mass is 9.88. The molecule has 3 aromatic rings. The Morgan fingerprint density at radius 3 is 2.50 bits per heavy atom. The lowest BCUT2D eigenvalue weighted by Crippen LogP contribution is -2.42. The molecule has 1 aliphatic heterocycles. The van der Waals surface area contributed by atoms with E-state index in [-0.39, 0.29) is 17.8 Å². The van der Waals surface area contributed by atoms with Gasteiger partial charge in [0.05, 0.1) is 17.0 Å². The average molecular weight is 428 g/mol. The Morgan fingerprint density at radius 1 is 1.03 bits per heavy atom. The predicted molar refractivity (Wildman–Crippen MR) is 120 cm³/mol. The number of benzene rings is 3. The summed E-state index contributed by atoms with van der Waals surface area (Å²) in [5, 5.41) is 22.4. The van der Waals surface area contributed by atoms with E-state index in [2.05, 4.69) is 0 Å². The molecule has 0 saturated heterocycles. The van der Waals surface area contributed by atoms with Crippen molar-refractivity contribution in [2.45, 2.75) is 12.0 Å². The highest BCUT2D eigenvalue weighted by molar-refractivity contribution is 6.11. The van der Waals surface area contributed by atoms with E-state index >= 15 is 0 Å². The topological polar surface area (TPSA) is 101 Å². The first-order chi connectivity index (χ1) is 15.4. The number of rotatable bonds is 7. The molecule has 0 aliphatic carbocycles. The summed E-state index contributed by atoms with van der Waals surface area (Å²) in [4.78, 5) is 38.0. The Kier molecular flexibility index (Phi) is 5.66. The number of ketones is 1. The van der Waals surface area contributed by atoms with Gasteiger partial charge in [0.2, 0.25) is 0 Å². The van der Waals surface area contributed by atoms with Gasteiger partial charge in [-0.3, -0.25) is 19.7 Å². The number of hydrogen-bond donors (Lipinski definition) is 1. The fourth-order valence-electron chi connectivity index (χ4n) is 3.84. The molecule has 3 aromatic carbocycles. The van der Waals surface area contributed by atoms with Gasteiger partial charge >= 0.3 is 0 Å². The minimum Gasteiger partial charge on any atom is -0.375 e. The van der Waals surface area contributed by atoms with Crippen molar-refractivity contribution in [1.29, 1.82) is 0 Å². The molecular formula is C25H20N2O5. The molecule has 1 aliphatic rings. The van der Waals surface area contributed by atoms with Crippen LogP contribution in [-0.2, 0) is 10.4 Å². The van der Waals surface area contributed by atoms with Gasteiger partial charge in [0.25, 0.3) is 11.6 Å². The molecule has 1 atom stereocenters. The van der Waals surface area contributed by atoms with Crippen LogP contribution in [0, 0.1) is 10.1 Å². The third-order valence-electron chi connectivity index (χ3n) is 5.43. The third kappa shape index (κ3) is 3.93. The molecule has 0 saturated carbocycles. The summed E-state index contributed by atoms with van der Waals surface area (Å²) in [5.74, 6) is -1.16. The van der Waals surface area contributed by atoms with Gasteiger partial charge < -0.3 is 10.0 Å². The second-order valence-corrected chi connectivity index (χ2v) is 7.51. The smallest absolute Gasteiger partial charge is 0.270 e. The van der Waals surface area contributed by atoms with E-state index in [4.69, 9.17) is 0 Å². The van der Waals surface area contributed by atoms with Crippen molar-refractivity contribution in [3.05, 3.63) is 112 Å². The zero-order valence-corrected chi connectivity index (χ0v) is 17.0. The molecule has 0 fully saturated rings. The number of amides is 1. The molecule has 0 unspecified atom stereocenters. The van der Waals surface area contributed by atoms with Crippen LogP contribution in [0.15, 0.2) is 84.9 Å². The van der Waals surface area contributed by atoms with Crippen molar-refractivity contribution in [2.24, 2.45) is 0 Å². The number of para-hydroxylation sites is 1. The zero-order chi connectivity index (χ0) is 22.7. The first-order valence-electron chi connectivity index (χ1n) is 10.0. The Labute approximate surface area is 184 Å². The van der Waals surface area contributed by atoms with E-state index in [9.17, 15) is 24.8 Å². The number of nitrogens with zero attached hydrogens (tertiary/aromatic N) is 2. The Morgan fingerprint density at radius 2 is 1.75 bits per heavy atom. The summed E-state index contributed by atoms with van der Waals surface area (Å²) in [6.45, 7) is 0.220. The standard InChI is InChI=1S/C25H20N2O5/c28-23(19-11-6-12-20(16-19)27(31)32)17-25(30)21-13-4-5-14-22(21)26(24(25)29)15-7-10-18-8-2-1-3-9-18/h1-14,16,30H,15,17H2/b10-7+/t25-/m0/s1. The number of Topliss-reactive ketones (excluding diaryl/α,β-unsaturated/α-hetero) is 1. The highest BCUT2D eigenvalue weighted by Crippen LogP contribution is 2.42. The number of anilines is 1. The van der Waals surface area contributed by atoms with Crippen molar-refractivity contribution in [2.75, 3.05) is 11.4 Å². The first kappa shape index (κ1) is 21.1. The summed E-state index contributed by atoms with van der Waals surface area (Å²) in [6, 6.07) is 21.7. The molecule has 0 radical (unpaired) electrons. The van der Waals surface area contributed by atoms with Crippen LogP contribution in [0.3, 0.4) is 0 Å².